The van der Waals surface area contributed by atoms with Crippen LogP contribution in [0.5, 0.6) is 11.5 Å². The van der Waals surface area contributed by atoms with Gasteiger partial charge in [0.2, 0.25) is 11.8 Å². The van der Waals surface area contributed by atoms with Crippen LogP contribution in [-0.2, 0) is 19.2 Å². The van der Waals surface area contributed by atoms with Crippen molar-refractivity contribution in [1.29, 1.82) is 0 Å². The van der Waals surface area contributed by atoms with Crippen LogP contribution in [0.15, 0.2) is 54.1 Å². The quantitative estimate of drug-likeness (QED) is 0.271. The molecule has 8 nitrogen and oxygen atoms in total. The number of methoxy groups -OCH3 is 1. The number of benzene rings is 2. The highest BCUT2D eigenvalue weighted by Gasteiger charge is 2.77. The molecular weight excluding hydrogens is 610 g/mol. The van der Waals surface area contributed by atoms with Crippen LogP contribution >= 0.6 is 23.2 Å². The lowest BCUT2D eigenvalue weighted by atomic mass is 9.56. The standard InChI is InChI=1S/C33H31Cl2FN2O6/c1-44-24-9-5-8-23(39)26(24)27-20-14-15-21-25(29(41)37(28(21)40)18-6-3-2-4-7-18)22(20)16-32(34)30(42)38(31(43)33(27,32)35)19-12-10-17(36)11-13-19/h5,8-14,18,21-22,25,27,39H,2-4,6-7,15-16H2,1H3/t21-,22+,25-,27+,32+,33-/m0/s1. The molecule has 2 heterocycles. The van der Waals surface area contributed by atoms with Gasteiger partial charge in [-0.05, 0) is 68.0 Å². The summed E-state index contributed by atoms with van der Waals surface area (Å²) in [5.74, 6) is -6.06. The summed E-state index contributed by atoms with van der Waals surface area (Å²) in [4.78, 5) is 54.8. The third-order valence-electron chi connectivity index (χ3n) is 10.4. The van der Waals surface area contributed by atoms with E-state index >= 15 is 0 Å². The Bertz CT molecular complexity index is 1620. The van der Waals surface area contributed by atoms with Gasteiger partial charge in [-0.2, -0.15) is 0 Å². The lowest BCUT2D eigenvalue weighted by Crippen LogP contribution is -2.60. The molecule has 11 heteroatoms. The third-order valence-corrected chi connectivity index (χ3v) is 11.8. The average molecular weight is 642 g/mol. The van der Waals surface area contributed by atoms with E-state index in [0.717, 1.165) is 49.1 Å². The number of rotatable bonds is 4. The molecule has 4 fully saturated rings. The average Bonchev–Trinajstić information content (AvgIpc) is 3.36. The first-order valence-electron chi connectivity index (χ1n) is 15.0. The lowest BCUT2D eigenvalue weighted by molar-refractivity contribution is -0.143. The van der Waals surface area contributed by atoms with Crippen LogP contribution in [0.4, 0.5) is 10.1 Å². The second-order valence-electron chi connectivity index (χ2n) is 12.5. The van der Waals surface area contributed by atoms with Gasteiger partial charge >= 0.3 is 0 Å². The largest absolute Gasteiger partial charge is 0.508 e. The Kier molecular flexibility index (Phi) is 6.86. The van der Waals surface area contributed by atoms with Crippen LogP contribution < -0.4 is 9.64 Å². The maximum atomic E-state index is 14.5. The van der Waals surface area contributed by atoms with Crippen molar-refractivity contribution in [2.24, 2.45) is 17.8 Å². The lowest BCUT2D eigenvalue weighted by Gasteiger charge is -2.51. The molecule has 0 spiro atoms. The van der Waals surface area contributed by atoms with Crippen molar-refractivity contribution in [3.05, 3.63) is 65.5 Å². The fourth-order valence-electron chi connectivity index (χ4n) is 8.44. The number of halogens is 3. The Morgan fingerprint density at radius 3 is 2.32 bits per heavy atom. The molecule has 0 unspecified atom stereocenters. The molecule has 7 rings (SSSR count). The monoisotopic (exact) mass is 640 g/mol. The summed E-state index contributed by atoms with van der Waals surface area (Å²) in [5, 5.41) is 11.3. The number of likely N-dealkylation sites (tertiary alicyclic amines) is 1. The molecule has 2 aliphatic heterocycles. The van der Waals surface area contributed by atoms with Crippen LogP contribution in [0.1, 0.15) is 56.4 Å². The number of carbonyl (C=O) groups is 4. The fraction of sp³-hybridized carbons (Fsp3) is 0.455. The smallest absolute Gasteiger partial charge is 0.258 e. The van der Waals surface area contributed by atoms with Crippen molar-refractivity contribution in [1.82, 2.24) is 4.90 Å². The first-order valence-corrected chi connectivity index (χ1v) is 15.7. The summed E-state index contributed by atoms with van der Waals surface area (Å²) in [7, 11) is 1.41. The Morgan fingerprint density at radius 1 is 0.932 bits per heavy atom. The number of aromatic hydroxyl groups is 1. The van der Waals surface area contributed by atoms with Crippen LogP contribution in [0, 0.1) is 23.6 Å². The number of phenols is 1. The Morgan fingerprint density at radius 2 is 1.64 bits per heavy atom. The molecule has 44 heavy (non-hydrogen) atoms. The highest BCUT2D eigenvalue weighted by Crippen LogP contribution is 2.67. The highest BCUT2D eigenvalue weighted by atomic mass is 35.5. The van der Waals surface area contributed by atoms with E-state index in [1.165, 1.54) is 30.2 Å². The van der Waals surface area contributed by atoms with E-state index in [9.17, 15) is 28.7 Å². The first-order chi connectivity index (χ1) is 21.0. The number of carbonyl (C=O) groups excluding carboxylic acids is 4. The van der Waals surface area contributed by atoms with Gasteiger partial charge in [0.1, 0.15) is 17.3 Å². The number of imide groups is 2. The minimum absolute atomic E-state index is 0.0873. The Labute approximate surface area is 263 Å². The number of nitrogens with zero attached hydrogens (tertiary/aromatic N) is 2. The molecule has 6 atom stereocenters. The molecule has 4 amide bonds. The highest BCUT2D eigenvalue weighted by molar-refractivity contribution is 6.58. The van der Waals surface area contributed by atoms with E-state index in [2.05, 4.69) is 0 Å². The van der Waals surface area contributed by atoms with Gasteiger partial charge in [-0.3, -0.25) is 24.1 Å². The van der Waals surface area contributed by atoms with Crippen LogP contribution in [0.25, 0.3) is 0 Å². The summed E-state index contributed by atoms with van der Waals surface area (Å²) >= 11 is 14.8. The van der Waals surface area contributed by atoms with Gasteiger partial charge in [-0.15, -0.1) is 23.2 Å². The molecule has 2 aromatic rings. The second kappa shape index (κ2) is 10.3. The van der Waals surface area contributed by atoms with E-state index in [0.29, 0.717) is 5.57 Å². The van der Waals surface area contributed by atoms with Gasteiger partial charge in [0.15, 0.2) is 9.75 Å². The number of alkyl halides is 2. The topological polar surface area (TPSA) is 104 Å². The molecule has 5 aliphatic rings. The van der Waals surface area contributed by atoms with Crippen LogP contribution in [0.3, 0.4) is 0 Å². The Balaban J connectivity index is 1.41. The maximum absolute atomic E-state index is 14.5. The first kappa shape index (κ1) is 29.3. The molecular formula is C33H31Cl2FN2O6. The molecule has 0 bridgehead atoms. The van der Waals surface area contributed by atoms with E-state index in [4.69, 9.17) is 27.9 Å². The van der Waals surface area contributed by atoms with Gasteiger partial charge in [0.25, 0.3) is 11.8 Å². The summed E-state index contributed by atoms with van der Waals surface area (Å²) in [6.45, 7) is 0. The number of phenolic OH excluding ortho intramolecular Hbond substituents is 1. The van der Waals surface area contributed by atoms with Gasteiger partial charge < -0.3 is 9.84 Å². The predicted molar refractivity (Wildman–Crippen MR) is 160 cm³/mol. The normalized spacial score (nSPS) is 33.7. The predicted octanol–water partition coefficient (Wildman–Crippen LogP) is 5.44. The van der Waals surface area contributed by atoms with Gasteiger partial charge in [0, 0.05) is 17.5 Å². The van der Waals surface area contributed by atoms with Crippen LogP contribution in [-0.4, -0.2) is 56.5 Å². The number of allylic oxidation sites excluding steroid dienone is 2. The molecule has 2 saturated carbocycles. The zero-order valence-electron chi connectivity index (χ0n) is 24.0. The number of ether oxygens (including phenoxy) is 1. The fourth-order valence-corrected chi connectivity index (χ4v) is 9.36. The number of hydrogen-bond acceptors (Lipinski definition) is 6. The Hall–Kier alpha value is -3.43. The summed E-state index contributed by atoms with van der Waals surface area (Å²) in [6.07, 6.45) is 6.33. The summed E-state index contributed by atoms with van der Waals surface area (Å²) in [6, 6.07) is 9.27. The van der Waals surface area contributed by atoms with Crippen molar-refractivity contribution in [2.45, 2.75) is 66.7 Å². The molecule has 1 N–H and O–H groups in total. The number of anilines is 1. The molecule has 2 saturated heterocycles. The van der Waals surface area contributed by atoms with Gasteiger partial charge in [-0.25, -0.2) is 9.29 Å². The van der Waals surface area contributed by atoms with E-state index in [-0.39, 0.29) is 53.4 Å². The second-order valence-corrected chi connectivity index (χ2v) is 13.7. The van der Waals surface area contributed by atoms with E-state index in [1.807, 2.05) is 6.08 Å². The number of fused-ring (bicyclic) bond motifs is 4. The number of amides is 4. The molecule has 3 aliphatic carbocycles. The zero-order chi connectivity index (χ0) is 31.1. The zero-order valence-corrected chi connectivity index (χ0v) is 25.5. The third kappa shape index (κ3) is 3.81. The molecule has 2 aromatic carbocycles. The molecule has 0 radical (unpaired) electrons. The SMILES string of the molecule is COc1cccc(O)c1[C@H]1C2=CC[C@@H]3C(=O)N(C4CCCCC4)C(=O)[C@@H]3[C@@H]2C[C@@]2(Cl)C(=O)N(c3ccc(F)cc3)C(=O)[C@@]12Cl. The van der Waals surface area contributed by atoms with Gasteiger partial charge in [-0.1, -0.05) is 37.0 Å². The van der Waals surface area contributed by atoms with Crippen LogP contribution in [0.2, 0.25) is 0 Å². The van der Waals surface area contributed by atoms with Crippen molar-refractivity contribution >= 4 is 52.5 Å². The van der Waals surface area contributed by atoms with Crippen molar-refractivity contribution < 1.29 is 33.4 Å². The summed E-state index contributed by atoms with van der Waals surface area (Å²) in [5.41, 5.74) is 0.808. The van der Waals surface area contributed by atoms with Crippen molar-refractivity contribution in [3.8, 4) is 11.5 Å². The van der Waals surface area contributed by atoms with Crippen molar-refractivity contribution in [3.63, 3.8) is 0 Å². The molecule has 230 valence electrons. The summed E-state index contributed by atoms with van der Waals surface area (Å²) < 4.78 is 19.5. The number of hydrogen-bond donors (Lipinski definition) is 1. The minimum atomic E-state index is -2.16. The minimum Gasteiger partial charge on any atom is -0.508 e. The van der Waals surface area contributed by atoms with Gasteiger partial charge in [0.05, 0.1) is 24.6 Å². The molecule has 0 aromatic heterocycles. The van der Waals surface area contributed by atoms with E-state index < -0.39 is 51.1 Å². The van der Waals surface area contributed by atoms with Crippen molar-refractivity contribution in [2.75, 3.05) is 12.0 Å². The van der Waals surface area contributed by atoms with E-state index in [1.54, 1.807) is 12.1 Å². The maximum Gasteiger partial charge on any atom is 0.258 e.